The van der Waals surface area contributed by atoms with E-state index in [1.54, 1.807) is 0 Å². The Morgan fingerprint density at radius 1 is 0.905 bits per heavy atom. The van der Waals surface area contributed by atoms with E-state index in [9.17, 15) is 0 Å². The lowest BCUT2D eigenvalue weighted by atomic mass is 9.97. The van der Waals surface area contributed by atoms with Gasteiger partial charge in [0, 0.05) is 11.0 Å². The van der Waals surface area contributed by atoms with Crippen LogP contribution in [0.2, 0.25) is 0 Å². The van der Waals surface area contributed by atoms with Crippen molar-refractivity contribution >= 4 is 8.60 Å². The van der Waals surface area contributed by atoms with Crippen LogP contribution in [0.15, 0.2) is 54.6 Å². The molecule has 1 aliphatic rings. The Morgan fingerprint density at radius 2 is 1.52 bits per heavy atom. The fourth-order valence-corrected chi connectivity index (χ4v) is 3.48. The van der Waals surface area contributed by atoms with Crippen molar-refractivity contribution in [2.45, 2.75) is 13.8 Å². The maximum Gasteiger partial charge on any atom is 0.397 e. The van der Waals surface area contributed by atoms with Crippen LogP contribution >= 0.6 is 8.60 Å². The van der Waals surface area contributed by atoms with Gasteiger partial charge in [-0.3, -0.25) is 0 Å². The maximum atomic E-state index is 5.95. The second-order valence-corrected chi connectivity index (χ2v) is 7.03. The molecule has 1 fully saturated rings. The maximum absolute atomic E-state index is 5.95. The second-order valence-electron chi connectivity index (χ2n) is 5.89. The van der Waals surface area contributed by atoms with E-state index in [0.717, 1.165) is 16.9 Å². The Labute approximate surface area is 126 Å². The normalized spacial score (nSPS) is 18.4. The van der Waals surface area contributed by atoms with Crippen LogP contribution in [0.4, 0.5) is 0 Å². The van der Waals surface area contributed by atoms with E-state index in [4.69, 9.17) is 13.6 Å². The van der Waals surface area contributed by atoms with E-state index in [2.05, 4.69) is 26.0 Å². The van der Waals surface area contributed by atoms with Gasteiger partial charge in [-0.15, -0.1) is 0 Å². The molecule has 2 aromatic carbocycles. The Balaban J connectivity index is 1.78. The minimum absolute atomic E-state index is 0.0567. The summed E-state index contributed by atoms with van der Waals surface area (Å²) in [5.41, 5.74) is 2.24. The van der Waals surface area contributed by atoms with Crippen LogP contribution in [0.5, 0.6) is 5.75 Å². The molecule has 0 aliphatic carbocycles. The Hall–Kier alpha value is -1.41. The first-order valence-electron chi connectivity index (χ1n) is 7.02. The quantitative estimate of drug-likeness (QED) is 0.744. The molecule has 3 rings (SSSR count). The molecular formula is C17H19O3P. The zero-order valence-corrected chi connectivity index (χ0v) is 13.2. The third-order valence-corrected chi connectivity index (χ3v) is 4.29. The molecule has 1 aliphatic heterocycles. The van der Waals surface area contributed by atoms with Gasteiger partial charge in [-0.2, -0.15) is 0 Å². The van der Waals surface area contributed by atoms with Gasteiger partial charge in [0.15, 0.2) is 0 Å². The summed E-state index contributed by atoms with van der Waals surface area (Å²) in [5.74, 6) is 0.800. The van der Waals surface area contributed by atoms with Crippen molar-refractivity contribution in [1.29, 1.82) is 0 Å². The first kappa shape index (κ1) is 14.5. The molecule has 3 nitrogen and oxygen atoms in total. The smallest absolute Gasteiger partial charge is 0.397 e. The molecule has 110 valence electrons. The third-order valence-electron chi connectivity index (χ3n) is 3.27. The van der Waals surface area contributed by atoms with Crippen LogP contribution in [-0.2, 0) is 9.05 Å². The SMILES string of the molecule is CC1(C)COP(Oc2ccccc2-c2ccccc2)OC1. The highest BCUT2D eigenvalue weighted by atomic mass is 31.2. The van der Waals surface area contributed by atoms with E-state index in [0.29, 0.717) is 13.2 Å². The van der Waals surface area contributed by atoms with Gasteiger partial charge in [0.1, 0.15) is 5.75 Å². The van der Waals surface area contributed by atoms with Gasteiger partial charge in [-0.05, 0) is 11.6 Å². The molecule has 0 unspecified atom stereocenters. The highest BCUT2D eigenvalue weighted by Gasteiger charge is 2.31. The van der Waals surface area contributed by atoms with Gasteiger partial charge in [0.2, 0.25) is 0 Å². The van der Waals surface area contributed by atoms with Crippen molar-refractivity contribution in [2.24, 2.45) is 5.41 Å². The Kier molecular flexibility index (Phi) is 4.25. The molecule has 2 aromatic rings. The van der Waals surface area contributed by atoms with Crippen LogP contribution in [-0.4, -0.2) is 13.2 Å². The second kappa shape index (κ2) is 6.15. The predicted octanol–water partition coefficient (Wildman–Crippen LogP) is 5.03. The van der Waals surface area contributed by atoms with Gasteiger partial charge in [0.05, 0.1) is 13.2 Å². The van der Waals surface area contributed by atoms with Crippen molar-refractivity contribution in [2.75, 3.05) is 13.2 Å². The minimum atomic E-state index is -1.31. The number of para-hydroxylation sites is 1. The fraction of sp³-hybridized carbons (Fsp3) is 0.294. The lowest BCUT2D eigenvalue weighted by molar-refractivity contribution is 0.0427. The molecule has 0 radical (unpaired) electrons. The number of benzene rings is 2. The van der Waals surface area contributed by atoms with E-state index < -0.39 is 8.60 Å². The van der Waals surface area contributed by atoms with Gasteiger partial charge in [-0.25, -0.2) is 0 Å². The first-order chi connectivity index (χ1) is 10.1. The molecule has 0 saturated carbocycles. The van der Waals surface area contributed by atoms with Gasteiger partial charge in [0.25, 0.3) is 0 Å². The topological polar surface area (TPSA) is 27.7 Å². The van der Waals surface area contributed by atoms with Crippen LogP contribution < -0.4 is 4.52 Å². The summed E-state index contributed by atoms with van der Waals surface area (Å²) in [4.78, 5) is 0. The van der Waals surface area contributed by atoms with Crippen LogP contribution in [0.1, 0.15) is 13.8 Å². The monoisotopic (exact) mass is 302 g/mol. The van der Waals surface area contributed by atoms with Crippen LogP contribution in [0, 0.1) is 5.41 Å². The summed E-state index contributed by atoms with van der Waals surface area (Å²) >= 11 is 0. The Bertz CT molecular complexity index is 588. The molecule has 4 heteroatoms. The average Bonchev–Trinajstić information content (AvgIpc) is 2.51. The number of hydrogen-bond donors (Lipinski definition) is 0. The van der Waals surface area contributed by atoms with Gasteiger partial charge in [-0.1, -0.05) is 62.4 Å². The molecular weight excluding hydrogens is 283 g/mol. The summed E-state index contributed by atoms with van der Waals surface area (Å²) < 4.78 is 17.4. The lowest BCUT2D eigenvalue weighted by Gasteiger charge is -2.32. The molecule has 0 aromatic heterocycles. The zero-order valence-electron chi connectivity index (χ0n) is 12.3. The third kappa shape index (κ3) is 3.62. The first-order valence-corrected chi connectivity index (χ1v) is 8.12. The summed E-state index contributed by atoms with van der Waals surface area (Å²) in [5, 5.41) is 0. The zero-order chi connectivity index (χ0) is 14.7. The highest BCUT2D eigenvalue weighted by molar-refractivity contribution is 7.42. The molecule has 0 bridgehead atoms. The van der Waals surface area contributed by atoms with Crippen molar-refractivity contribution in [1.82, 2.24) is 0 Å². The Morgan fingerprint density at radius 3 is 2.24 bits per heavy atom. The van der Waals surface area contributed by atoms with Crippen LogP contribution in [0.25, 0.3) is 11.1 Å². The van der Waals surface area contributed by atoms with Gasteiger partial charge >= 0.3 is 8.60 Å². The number of rotatable bonds is 3. The van der Waals surface area contributed by atoms with E-state index in [1.807, 2.05) is 42.5 Å². The molecule has 21 heavy (non-hydrogen) atoms. The number of hydrogen-bond acceptors (Lipinski definition) is 3. The summed E-state index contributed by atoms with van der Waals surface area (Å²) in [6.07, 6.45) is 0. The summed E-state index contributed by atoms with van der Waals surface area (Å²) in [6, 6.07) is 18.2. The standard InChI is InChI=1S/C17H19O3P/c1-17(2)12-18-21(19-13-17)20-16-11-7-6-10-15(16)14-8-4-3-5-9-14/h3-11H,12-13H2,1-2H3. The summed E-state index contributed by atoms with van der Waals surface area (Å²) in [6.45, 7) is 5.56. The fourth-order valence-electron chi connectivity index (χ4n) is 2.07. The van der Waals surface area contributed by atoms with Crippen molar-refractivity contribution in [3.8, 4) is 16.9 Å². The minimum Gasteiger partial charge on any atom is -0.426 e. The molecule has 0 N–H and O–H groups in total. The van der Waals surface area contributed by atoms with Crippen molar-refractivity contribution in [3.05, 3.63) is 54.6 Å². The van der Waals surface area contributed by atoms with E-state index in [1.165, 1.54) is 0 Å². The average molecular weight is 302 g/mol. The van der Waals surface area contributed by atoms with Crippen LogP contribution in [0.3, 0.4) is 0 Å². The molecule has 0 atom stereocenters. The molecule has 0 spiro atoms. The highest BCUT2D eigenvalue weighted by Crippen LogP contribution is 2.48. The van der Waals surface area contributed by atoms with Crippen molar-refractivity contribution in [3.63, 3.8) is 0 Å². The molecule has 0 amide bonds. The van der Waals surface area contributed by atoms with Gasteiger partial charge < -0.3 is 13.6 Å². The van der Waals surface area contributed by atoms with E-state index in [-0.39, 0.29) is 5.41 Å². The molecule has 1 heterocycles. The predicted molar refractivity (Wildman–Crippen MR) is 85.1 cm³/mol. The van der Waals surface area contributed by atoms with Crippen molar-refractivity contribution < 1.29 is 13.6 Å². The lowest BCUT2D eigenvalue weighted by Crippen LogP contribution is -2.29. The largest absolute Gasteiger partial charge is 0.426 e. The summed E-state index contributed by atoms with van der Waals surface area (Å²) in [7, 11) is -1.31. The molecule has 1 saturated heterocycles. The van der Waals surface area contributed by atoms with E-state index >= 15 is 0 Å².